The summed E-state index contributed by atoms with van der Waals surface area (Å²) in [7, 11) is 0. The van der Waals surface area contributed by atoms with Gasteiger partial charge in [-0.3, -0.25) is 4.79 Å². The Balaban J connectivity index is 2.56. The molecular weight excluding hydrogens is 310 g/mol. The van der Waals surface area contributed by atoms with E-state index in [9.17, 15) is 18.4 Å². The van der Waals surface area contributed by atoms with Gasteiger partial charge in [0.2, 0.25) is 0 Å². The number of carbonyl (C=O) groups excluding carboxylic acids is 2. The van der Waals surface area contributed by atoms with E-state index in [1.165, 1.54) is 24.3 Å². The molecule has 0 saturated carbocycles. The second-order valence-electron chi connectivity index (χ2n) is 5.86. The molecule has 1 rings (SSSR count). The lowest BCUT2D eigenvalue weighted by atomic mass is 10.2. The molecule has 0 bridgehead atoms. The Bertz CT molecular complexity index is 571. The summed E-state index contributed by atoms with van der Waals surface area (Å²) in [6.07, 6.45) is -0.949. The summed E-state index contributed by atoms with van der Waals surface area (Å²) >= 11 is 0. The van der Waals surface area contributed by atoms with Crippen LogP contribution in [0.1, 0.15) is 31.1 Å². The number of para-hydroxylation sites is 1. The molecule has 0 fully saturated rings. The van der Waals surface area contributed by atoms with E-state index in [2.05, 4.69) is 0 Å². The molecule has 0 unspecified atom stereocenters. The fourth-order valence-electron chi connectivity index (χ4n) is 1.55. The van der Waals surface area contributed by atoms with Crippen molar-refractivity contribution < 1.29 is 27.8 Å². The van der Waals surface area contributed by atoms with Crippen molar-refractivity contribution in [1.29, 1.82) is 0 Å². The molecule has 6 nitrogen and oxygen atoms in total. The van der Waals surface area contributed by atoms with Crippen LogP contribution < -0.4 is 15.8 Å². The predicted molar refractivity (Wildman–Crippen MR) is 79.6 cm³/mol. The summed E-state index contributed by atoms with van der Waals surface area (Å²) in [6, 6.07) is 5.79. The molecule has 128 valence electrons. The molecule has 0 aliphatic rings. The number of benzene rings is 1. The van der Waals surface area contributed by atoms with E-state index in [1.807, 2.05) is 5.32 Å². The maximum absolute atomic E-state index is 13.7. The number of hydrogen-bond donors (Lipinski definition) is 2. The predicted octanol–water partition coefficient (Wildman–Crippen LogP) is 2.32. The molecule has 23 heavy (non-hydrogen) atoms. The summed E-state index contributed by atoms with van der Waals surface area (Å²) in [5, 5.41) is 1.97. The highest BCUT2D eigenvalue weighted by molar-refractivity contribution is 5.95. The van der Waals surface area contributed by atoms with Crippen molar-refractivity contribution in [3.8, 4) is 5.75 Å². The molecule has 0 aliphatic carbocycles. The first kappa shape index (κ1) is 18.7. The number of hydrogen-bond acceptors (Lipinski definition) is 4. The van der Waals surface area contributed by atoms with Crippen molar-refractivity contribution in [2.45, 2.75) is 32.3 Å². The summed E-state index contributed by atoms with van der Waals surface area (Å²) in [6.45, 7) is 2.88. The third-order valence-electron chi connectivity index (χ3n) is 2.48. The molecule has 0 aromatic heterocycles. The van der Waals surface area contributed by atoms with Crippen molar-refractivity contribution in [3.63, 3.8) is 0 Å². The number of alkyl carbamates (subject to hydrolysis) is 1. The van der Waals surface area contributed by atoms with Crippen LogP contribution in [-0.4, -0.2) is 36.7 Å². The number of amides is 2. The van der Waals surface area contributed by atoms with Gasteiger partial charge < -0.3 is 20.5 Å². The van der Waals surface area contributed by atoms with Crippen molar-refractivity contribution in [3.05, 3.63) is 29.8 Å². The lowest BCUT2D eigenvalue weighted by Crippen LogP contribution is -2.42. The quantitative estimate of drug-likeness (QED) is 0.837. The molecular formula is C15H20F2N2O4. The van der Waals surface area contributed by atoms with Crippen molar-refractivity contribution in [1.82, 2.24) is 5.32 Å². The minimum Gasteiger partial charge on any atom is -0.486 e. The summed E-state index contributed by atoms with van der Waals surface area (Å²) in [5.41, 5.74) is 4.35. The van der Waals surface area contributed by atoms with Crippen molar-refractivity contribution in [2.24, 2.45) is 5.73 Å². The van der Waals surface area contributed by atoms with Gasteiger partial charge in [-0.2, -0.15) is 0 Å². The standard InChI is InChI=1S/C15H20F2N2O4/c1-14(2,3)23-13(21)19-8-15(16,17)9-22-11-7-5-4-6-10(11)12(18)20/h4-7H,8-9H2,1-3H3,(H2,18,20)(H,19,21). The third-order valence-corrected chi connectivity index (χ3v) is 2.48. The highest BCUT2D eigenvalue weighted by Gasteiger charge is 2.32. The van der Waals surface area contributed by atoms with Crippen LogP contribution in [0.3, 0.4) is 0 Å². The summed E-state index contributed by atoms with van der Waals surface area (Å²) in [5.74, 6) is -4.17. The van der Waals surface area contributed by atoms with Crippen LogP contribution in [0.4, 0.5) is 13.6 Å². The summed E-state index contributed by atoms with van der Waals surface area (Å²) in [4.78, 5) is 22.5. The number of primary amides is 1. The van der Waals surface area contributed by atoms with Crippen LogP contribution in [-0.2, 0) is 4.74 Å². The average molecular weight is 330 g/mol. The minimum absolute atomic E-state index is 0.00315. The smallest absolute Gasteiger partial charge is 0.407 e. The molecule has 2 amide bonds. The van der Waals surface area contributed by atoms with Gasteiger partial charge in [0.1, 0.15) is 11.4 Å². The zero-order valence-corrected chi connectivity index (χ0v) is 13.2. The highest BCUT2D eigenvalue weighted by Crippen LogP contribution is 2.21. The van der Waals surface area contributed by atoms with Crippen LogP contribution in [0.5, 0.6) is 5.75 Å². The number of nitrogens with one attached hydrogen (secondary N) is 1. The molecule has 3 N–H and O–H groups in total. The second-order valence-corrected chi connectivity index (χ2v) is 5.86. The van der Waals surface area contributed by atoms with Crippen molar-refractivity contribution in [2.75, 3.05) is 13.2 Å². The number of rotatable bonds is 6. The van der Waals surface area contributed by atoms with Gasteiger partial charge in [-0.1, -0.05) is 12.1 Å². The zero-order valence-electron chi connectivity index (χ0n) is 13.2. The Morgan fingerprint density at radius 1 is 1.22 bits per heavy atom. The molecule has 1 aromatic rings. The Morgan fingerprint density at radius 3 is 2.39 bits per heavy atom. The normalized spacial score (nSPS) is 11.7. The third kappa shape index (κ3) is 6.94. The second kappa shape index (κ2) is 7.26. The molecule has 0 spiro atoms. The first-order valence-electron chi connectivity index (χ1n) is 6.86. The van der Waals surface area contributed by atoms with Gasteiger partial charge in [0.25, 0.3) is 11.8 Å². The van der Waals surface area contributed by atoms with Gasteiger partial charge in [-0.15, -0.1) is 0 Å². The van der Waals surface area contributed by atoms with Crippen LogP contribution in [0.25, 0.3) is 0 Å². The van der Waals surface area contributed by atoms with Gasteiger partial charge in [0, 0.05) is 0 Å². The van der Waals surface area contributed by atoms with Crippen LogP contribution in [0.15, 0.2) is 24.3 Å². The van der Waals surface area contributed by atoms with E-state index in [0.29, 0.717) is 0 Å². The molecule has 8 heteroatoms. The molecule has 0 heterocycles. The Kier molecular flexibility index (Phi) is 5.89. The number of halogens is 2. The van der Waals surface area contributed by atoms with Gasteiger partial charge in [-0.25, -0.2) is 13.6 Å². The molecule has 0 aliphatic heterocycles. The van der Waals surface area contributed by atoms with E-state index < -0.39 is 36.7 Å². The fraction of sp³-hybridized carbons (Fsp3) is 0.467. The lowest BCUT2D eigenvalue weighted by Gasteiger charge is -2.22. The minimum atomic E-state index is -3.35. The van der Waals surface area contributed by atoms with E-state index in [4.69, 9.17) is 15.2 Å². The fourth-order valence-corrected chi connectivity index (χ4v) is 1.55. The molecule has 0 atom stereocenters. The number of carbonyl (C=O) groups is 2. The van der Waals surface area contributed by atoms with Gasteiger partial charge in [0.15, 0.2) is 6.61 Å². The van der Waals surface area contributed by atoms with Gasteiger partial charge in [0.05, 0.1) is 12.1 Å². The zero-order chi connectivity index (χ0) is 17.7. The highest BCUT2D eigenvalue weighted by atomic mass is 19.3. The Hall–Kier alpha value is -2.38. The largest absolute Gasteiger partial charge is 0.486 e. The SMILES string of the molecule is CC(C)(C)OC(=O)NCC(F)(F)COc1ccccc1C(N)=O. The molecule has 1 aromatic carbocycles. The van der Waals surface area contributed by atoms with Gasteiger partial charge >= 0.3 is 6.09 Å². The number of ether oxygens (including phenoxy) is 2. The van der Waals surface area contributed by atoms with E-state index in [1.54, 1.807) is 20.8 Å². The van der Waals surface area contributed by atoms with E-state index in [-0.39, 0.29) is 11.3 Å². The molecule has 0 saturated heterocycles. The van der Waals surface area contributed by atoms with Crippen molar-refractivity contribution >= 4 is 12.0 Å². The average Bonchev–Trinajstić information content (AvgIpc) is 2.42. The van der Waals surface area contributed by atoms with Crippen LogP contribution >= 0.6 is 0 Å². The lowest BCUT2D eigenvalue weighted by molar-refractivity contribution is -0.0410. The number of alkyl halides is 2. The van der Waals surface area contributed by atoms with Gasteiger partial charge in [-0.05, 0) is 32.9 Å². The van der Waals surface area contributed by atoms with Crippen LogP contribution in [0.2, 0.25) is 0 Å². The van der Waals surface area contributed by atoms with Crippen LogP contribution in [0, 0.1) is 0 Å². The maximum atomic E-state index is 13.7. The Labute approximate surface area is 132 Å². The maximum Gasteiger partial charge on any atom is 0.407 e. The first-order chi connectivity index (χ1) is 10.5. The number of nitrogens with two attached hydrogens (primary N) is 1. The summed E-state index contributed by atoms with van der Waals surface area (Å²) < 4.78 is 37.3. The Morgan fingerprint density at radius 2 is 1.83 bits per heavy atom. The van der Waals surface area contributed by atoms with E-state index in [0.717, 1.165) is 0 Å². The molecule has 0 radical (unpaired) electrons. The monoisotopic (exact) mass is 330 g/mol. The topological polar surface area (TPSA) is 90.7 Å². The van der Waals surface area contributed by atoms with E-state index >= 15 is 0 Å². The first-order valence-corrected chi connectivity index (χ1v) is 6.86.